The normalized spacial score (nSPS) is 10.6. The van der Waals surface area contributed by atoms with Gasteiger partial charge in [0.15, 0.2) is 0 Å². The molecule has 3 heteroatoms. The van der Waals surface area contributed by atoms with Crippen LogP contribution in [0.2, 0.25) is 0 Å². The summed E-state index contributed by atoms with van der Waals surface area (Å²) in [7, 11) is 0. The van der Waals surface area contributed by atoms with Crippen molar-refractivity contribution < 1.29 is 4.79 Å². The Labute approximate surface area is 137 Å². The molecular formula is C17H26INO. The van der Waals surface area contributed by atoms with E-state index in [1.807, 2.05) is 29.2 Å². The van der Waals surface area contributed by atoms with Crippen LogP contribution in [0.25, 0.3) is 0 Å². The number of carbonyl (C=O) groups is 1. The molecule has 0 fully saturated rings. The zero-order chi connectivity index (χ0) is 14.8. The quantitative estimate of drug-likeness (QED) is 0.426. The Morgan fingerprint density at radius 3 is 2.15 bits per heavy atom. The number of hydrogen-bond acceptors (Lipinski definition) is 1. The molecule has 0 aliphatic carbocycles. The number of amides is 1. The second kappa shape index (κ2) is 10.2. The van der Waals surface area contributed by atoms with Crippen LogP contribution in [0.4, 0.5) is 0 Å². The van der Waals surface area contributed by atoms with Gasteiger partial charge in [0.2, 0.25) is 0 Å². The van der Waals surface area contributed by atoms with Crippen molar-refractivity contribution in [3.05, 3.63) is 33.4 Å². The number of carbonyl (C=O) groups excluding carboxylic acids is 1. The summed E-state index contributed by atoms with van der Waals surface area (Å²) in [5, 5.41) is 0. The summed E-state index contributed by atoms with van der Waals surface area (Å²) < 4.78 is 1.12. The van der Waals surface area contributed by atoms with Gasteiger partial charge in [0.1, 0.15) is 0 Å². The van der Waals surface area contributed by atoms with Crippen molar-refractivity contribution in [2.45, 2.75) is 52.4 Å². The Hall–Kier alpha value is -0.580. The van der Waals surface area contributed by atoms with E-state index < -0.39 is 0 Å². The minimum atomic E-state index is 0.190. The molecule has 0 unspecified atom stereocenters. The van der Waals surface area contributed by atoms with E-state index in [-0.39, 0.29) is 5.91 Å². The fourth-order valence-electron chi connectivity index (χ4n) is 2.22. The van der Waals surface area contributed by atoms with Crippen molar-refractivity contribution in [1.82, 2.24) is 4.90 Å². The molecule has 2 nitrogen and oxygen atoms in total. The number of benzene rings is 1. The average Bonchev–Trinajstić information content (AvgIpc) is 2.45. The van der Waals surface area contributed by atoms with Crippen molar-refractivity contribution in [2.24, 2.45) is 0 Å². The van der Waals surface area contributed by atoms with Gasteiger partial charge < -0.3 is 4.90 Å². The van der Waals surface area contributed by atoms with E-state index >= 15 is 0 Å². The highest BCUT2D eigenvalue weighted by Crippen LogP contribution is 2.12. The molecule has 1 rings (SSSR count). The molecule has 0 bridgehead atoms. The molecule has 0 aliphatic rings. The number of rotatable bonds is 9. The lowest BCUT2D eigenvalue weighted by atomic mass is 10.1. The fraction of sp³-hybridized carbons (Fsp3) is 0.588. The first-order valence-corrected chi connectivity index (χ1v) is 8.81. The lowest BCUT2D eigenvalue weighted by Gasteiger charge is -2.23. The minimum absolute atomic E-state index is 0.190. The van der Waals surface area contributed by atoms with Crippen LogP contribution in [0.3, 0.4) is 0 Å². The van der Waals surface area contributed by atoms with Crippen molar-refractivity contribution in [2.75, 3.05) is 13.1 Å². The van der Waals surface area contributed by atoms with Gasteiger partial charge in [-0.05, 0) is 53.6 Å². The van der Waals surface area contributed by atoms with Gasteiger partial charge in [-0.15, -0.1) is 0 Å². The first kappa shape index (κ1) is 17.5. The molecule has 112 valence electrons. The lowest BCUT2D eigenvalue weighted by molar-refractivity contribution is 0.0749. The summed E-state index contributed by atoms with van der Waals surface area (Å²) in [4.78, 5) is 14.6. The molecule has 0 spiro atoms. The van der Waals surface area contributed by atoms with Crippen LogP contribution in [-0.4, -0.2) is 23.9 Å². The molecular weight excluding hydrogens is 361 g/mol. The molecule has 0 N–H and O–H groups in total. The van der Waals surface area contributed by atoms with Crippen LogP contribution >= 0.6 is 22.6 Å². The topological polar surface area (TPSA) is 20.3 Å². The second-order valence-corrected chi connectivity index (χ2v) is 6.46. The Morgan fingerprint density at radius 2 is 1.65 bits per heavy atom. The van der Waals surface area contributed by atoms with E-state index in [1.54, 1.807) is 0 Å². The molecule has 0 aromatic heterocycles. The van der Waals surface area contributed by atoms with Crippen molar-refractivity contribution in [3.63, 3.8) is 0 Å². The van der Waals surface area contributed by atoms with Gasteiger partial charge in [-0.2, -0.15) is 0 Å². The summed E-state index contributed by atoms with van der Waals surface area (Å²) in [5.74, 6) is 0.190. The predicted molar refractivity (Wildman–Crippen MR) is 94.1 cm³/mol. The van der Waals surface area contributed by atoms with Gasteiger partial charge in [-0.3, -0.25) is 4.79 Å². The third-order valence-corrected chi connectivity index (χ3v) is 4.09. The predicted octanol–water partition coefficient (Wildman–Crippen LogP) is 5.11. The third kappa shape index (κ3) is 6.25. The SMILES string of the molecule is CCCCCN(CCCCC)C(=O)c1cccc(I)c1. The van der Waals surface area contributed by atoms with Crippen molar-refractivity contribution in [3.8, 4) is 0 Å². The Bertz CT molecular complexity index is 396. The summed E-state index contributed by atoms with van der Waals surface area (Å²) in [6.07, 6.45) is 7.00. The molecule has 0 heterocycles. The highest BCUT2D eigenvalue weighted by Gasteiger charge is 2.15. The fourth-order valence-corrected chi connectivity index (χ4v) is 2.77. The van der Waals surface area contributed by atoms with Crippen LogP contribution in [0, 0.1) is 3.57 Å². The number of hydrogen-bond donors (Lipinski definition) is 0. The molecule has 1 amide bonds. The maximum Gasteiger partial charge on any atom is 0.253 e. The number of halogens is 1. The van der Waals surface area contributed by atoms with Gasteiger partial charge >= 0.3 is 0 Å². The zero-order valence-electron chi connectivity index (χ0n) is 12.7. The molecule has 0 radical (unpaired) electrons. The molecule has 0 saturated carbocycles. The average molecular weight is 387 g/mol. The van der Waals surface area contributed by atoms with Crippen LogP contribution in [0.15, 0.2) is 24.3 Å². The van der Waals surface area contributed by atoms with Crippen LogP contribution in [0.1, 0.15) is 62.7 Å². The van der Waals surface area contributed by atoms with E-state index in [4.69, 9.17) is 0 Å². The lowest BCUT2D eigenvalue weighted by Crippen LogP contribution is -2.33. The Balaban J connectivity index is 2.66. The van der Waals surface area contributed by atoms with Gasteiger partial charge in [-0.1, -0.05) is 45.6 Å². The molecule has 0 aliphatic heterocycles. The van der Waals surface area contributed by atoms with Crippen molar-refractivity contribution >= 4 is 28.5 Å². The summed E-state index contributed by atoms with van der Waals surface area (Å²) >= 11 is 2.26. The van der Waals surface area contributed by atoms with E-state index in [0.29, 0.717) is 0 Å². The highest BCUT2D eigenvalue weighted by atomic mass is 127. The number of unbranched alkanes of at least 4 members (excludes halogenated alkanes) is 4. The van der Waals surface area contributed by atoms with Gasteiger partial charge in [0.05, 0.1) is 0 Å². The summed E-state index contributed by atoms with van der Waals surface area (Å²) in [6, 6.07) is 7.90. The monoisotopic (exact) mass is 387 g/mol. The first-order valence-electron chi connectivity index (χ1n) is 7.73. The molecule has 20 heavy (non-hydrogen) atoms. The maximum absolute atomic E-state index is 12.6. The van der Waals surface area contributed by atoms with Gasteiger partial charge in [0, 0.05) is 22.2 Å². The minimum Gasteiger partial charge on any atom is -0.339 e. The van der Waals surface area contributed by atoms with Crippen LogP contribution in [-0.2, 0) is 0 Å². The van der Waals surface area contributed by atoms with E-state index in [9.17, 15) is 4.79 Å². The Kier molecular flexibility index (Phi) is 8.90. The van der Waals surface area contributed by atoms with Gasteiger partial charge in [0.25, 0.3) is 5.91 Å². The van der Waals surface area contributed by atoms with Crippen LogP contribution < -0.4 is 0 Å². The highest BCUT2D eigenvalue weighted by molar-refractivity contribution is 14.1. The standard InChI is InChI=1S/C17H26INO/c1-3-5-7-12-19(13-8-6-4-2)17(20)15-10-9-11-16(18)14-15/h9-11,14H,3-8,12-13H2,1-2H3. The van der Waals surface area contributed by atoms with E-state index in [0.717, 1.165) is 35.1 Å². The molecule has 0 saturated heterocycles. The molecule has 1 aromatic rings. The zero-order valence-corrected chi connectivity index (χ0v) is 14.9. The van der Waals surface area contributed by atoms with E-state index in [1.165, 1.54) is 25.7 Å². The van der Waals surface area contributed by atoms with E-state index in [2.05, 4.69) is 36.4 Å². The van der Waals surface area contributed by atoms with Crippen LogP contribution in [0.5, 0.6) is 0 Å². The third-order valence-electron chi connectivity index (χ3n) is 3.42. The van der Waals surface area contributed by atoms with Gasteiger partial charge in [-0.25, -0.2) is 0 Å². The molecule has 1 aromatic carbocycles. The smallest absolute Gasteiger partial charge is 0.253 e. The summed E-state index contributed by atoms with van der Waals surface area (Å²) in [5.41, 5.74) is 0.824. The second-order valence-electron chi connectivity index (χ2n) is 5.22. The molecule has 0 atom stereocenters. The largest absolute Gasteiger partial charge is 0.339 e. The van der Waals surface area contributed by atoms with Crippen molar-refractivity contribution in [1.29, 1.82) is 0 Å². The summed E-state index contributed by atoms with van der Waals surface area (Å²) in [6.45, 7) is 6.18. The first-order chi connectivity index (χ1) is 9.69. The maximum atomic E-state index is 12.6. The number of nitrogens with zero attached hydrogens (tertiary/aromatic N) is 1. The Morgan fingerprint density at radius 1 is 1.05 bits per heavy atom.